The van der Waals surface area contributed by atoms with Crippen molar-refractivity contribution in [3.8, 4) is 5.75 Å². The van der Waals surface area contributed by atoms with Gasteiger partial charge in [0.1, 0.15) is 5.75 Å². The van der Waals surface area contributed by atoms with Crippen LogP contribution in [-0.2, 0) is 24.3 Å². The molecule has 2 amide bonds. The third kappa shape index (κ3) is 5.69. The van der Waals surface area contributed by atoms with Gasteiger partial charge < -0.3 is 24.4 Å². The second-order valence-electron chi connectivity index (χ2n) is 9.38. The van der Waals surface area contributed by atoms with Gasteiger partial charge in [-0.25, -0.2) is 8.42 Å². The fraction of sp³-hybridized carbons (Fsp3) is 0.462. The highest BCUT2D eigenvalue weighted by atomic mass is 32.2. The minimum atomic E-state index is -3.64. The first-order valence-corrected chi connectivity index (χ1v) is 14.2. The van der Waals surface area contributed by atoms with Gasteiger partial charge >= 0.3 is 0 Å². The fourth-order valence-corrected chi connectivity index (χ4v) is 6.11. The summed E-state index contributed by atoms with van der Waals surface area (Å²) < 4.78 is 43.5. The van der Waals surface area contributed by atoms with Crippen molar-refractivity contribution in [2.75, 3.05) is 75.9 Å². The van der Waals surface area contributed by atoms with Crippen molar-refractivity contribution in [1.82, 2.24) is 9.21 Å². The number of nitrogens with zero attached hydrogens (tertiary/aromatic N) is 3. The maximum absolute atomic E-state index is 13.0. The number of carbonyl (C=O) groups excluding carboxylic acids is 2. The van der Waals surface area contributed by atoms with Gasteiger partial charge in [-0.1, -0.05) is 0 Å². The van der Waals surface area contributed by atoms with Crippen LogP contribution in [0, 0.1) is 0 Å². The lowest BCUT2D eigenvalue weighted by atomic mass is 10.1. The second kappa shape index (κ2) is 11.4. The quantitative estimate of drug-likeness (QED) is 0.556. The van der Waals surface area contributed by atoms with E-state index in [2.05, 4.69) is 10.2 Å². The van der Waals surface area contributed by atoms with Gasteiger partial charge in [-0.05, 0) is 49.4 Å². The molecule has 12 heteroatoms. The van der Waals surface area contributed by atoms with E-state index in [4.69, 9.17) is 14.2 Å². The molecule has 0 aliphatic carbocycles. The van der Waals surface area contributed by atoms with E-state index < -0.39 is 22.0 Å². The molecule has 2 fully saturated rings. The fourth-order valence-electron chi connectivity index (χ4n) is 4.70. The summed E-state index contributed by atoms with van der Waals surface area (Å²) in [5.74, 6) is 0.0533. The Labute approximate surface area is 222 Å². The molecule has 38 heavy (non-hydrogen) atoms. The largest absolute Gasteiger partial charge is 0.479 e. The molecule has 1 atom stereocenters. The normalized spacial score (nSPS) is 21.0. The Morgan fingerprint density at radius 2 is 1.61 bits per heavy atom. The summed E-state index contributed by atoms with van der Waals surface area (Å²) in [5, 5.41) is 2.85. The van der Waals surface area contributed by atoms with Crippen LogP contribution in [0.2, 0.25) is 0 Å². The lowest BCUT2D eigenvalue weighted by Gasteiger charge is -2.35. The van der Waals surface area contributed by atoms with Crippen molar-refractivity contribution in [2.24, 2.45) is 0 Å². The molecule has 1 unspecified atom stereocenters. The van der Waals surface area contributed by atoms with E-state index in [9.17, 15) is 18.0 Å². The minimum Gasteiger partial charge on any atom is -0.479 e. The van der Waals surface area contributed by atoms with E-state index in [-0.39, 0.29) is 10.8 Å². The van der Waals surface area contributed by atoms with Gasteiger partial charge in [-0.3, -0.25) is 14.5 Å². The van der Waals surface area contributed by atoms with Crippen molar-refractivity contribution < 1.29 is 32.2 Å². The number of sulfonamides is 1. The molecule has 0 bridgehead atoms. The molecular formula is C26H32N4O7S. The third-order valence-corrected chi connectivity index (χ3v) is 8.81. The average Bonchev–Trinajstić information content (AvgIpc) is 2.94. The van der Waals surface area contributed by atoms with Crippen molar-refractivity contribution in [2.45, 2.75) is 17.9 Å². The number of rotatable bonds is 7. The molecule has 204 valence electrons. The Bertz CT molecular complexity index is 1270. The molecule has 5 rings (SSSR count). The molecule has 3 heterocycles. The predicted octanol–water partition coefficient (Wildman–Crippen LogP) is 1.41. The van der Waals surface area contributed by atoms with Crippen LogP contribution in [-0.4, -0.2) is 101 Å². The number of nitrogens with one attached hydrogen (secondary N) is 1. The van der Waals surface area contributed by atoms with Gasteiger partial charge in [0.15, 0.2) is 6.10 Å². The van der Waals surface area contributed by atoms with E-state index in [1.165, 1.54) is 28.6 Å². The summed E-state index contributed by atoms with van der Waals surface area (Å²) >= 11 is 0. The van der Waals surface area contributed by atoms with Gasteiger partial charge in [0, 0.05) is 50.5 Å². The van der Waals surface area contributed by atoms with Crippen molar-refractivity contribution in [3.63, 3.8) is 0 Å². The Kier molecular flexibility index (Phi) is 7.96. The van der Waals surface area contributed by atoms with Crippen LogP contribution in [0.25, 0.3) is 0 Å². The summed E-state index contributed by atoms with van der Waals surface area (Å²) in [4.78, 5) is 30.0. The zero-order chi connectivity index (χ0) is 26.7. The number of fused-ring (bicyclic) bond motifs is 1. The third-order valence-electron chi connectivity index (χ3n) is 6.89. The predicted molar refractivity (Wildman–Crippen MR) is 140 cm³/mol. The molecular weight excluding hydrogens is 512 g/mol. The molecule has 0 aromatic heterocycles. The minimum absolute atomic E-state index is 0.130. The van der Waals surface area contributed by atoms with Gasteiger partial charge in [-0.15, -0.1) is 0 Å². The SMILES string of the molecule is CC1Oc2ccc(NC(=O)c3ccc(S(=O)(=O)N4CCOCC4)cc3)cc2N(CCN2CCOCC2)C1=O. The maximum Gasteiger partial charge on any atom is 0.267 e. The van der Waals surface area contributed by atoms with Crippen LogP contribution in [0.1, 0.15) is 17.3 Å². The molecule has 2 aromatic carbocycles. The molecule has 3 aliphatic rings. The van der Waals surface area contributed by atoms with E-state index in [0.717, 1.165) is 13.1 Å². The van der Waals surface area contributed by atoms with Crippen LogP contribution in [0.3, 0.4) is 0 Å². The molecule has 0 radical (unpaired) electrons. The second-order valence-corrected chi connectivity index (χ2v) is 11.3. The van der Waals surface area contributed by atoms with Crippen molar-refractivity contribution in [3.05, 3.63) is 48.0 Å². The Balaban J connectivity index is 1.29. The van der Waals surface area contributed by atoms with Gasteiger partial charge in [-0.2, -0.15) is 4.31 Å². The number of ether oxygens (including phenoxy) is 3. The molecule has 0 saturated carbocycles. The van der Waals surface area contributed by atoms with Crippen molar-refractivity contribution >= 4 is 33.2 Å². The summed E-state index contributed by atoms with van der Waals surface area (Å²) in [5.41, 5.74) is 1.42. The molecule has 3 aliphatic heterocycles. The maximum atomic E-state index is 13.0. The first-order valence-electron chi connectivity index (χ1n) is 12.7. The Hall–Kier alpha value is -3.03. The number of benzene rings is 2. The topological polar surface area (TPSA) is 118 Å². The van der Waals surface area contributed by atoms with Gasteiger partial charge in [0.25, 0.3) is 11.8 Å². The molecule has 0 spiro atoms. The summed E-state index contributed by atoms with van der Waals surface area (Å²) in [7, 11) is -3.64. The van der Waals surface area contributed by atoms with Gasteiger partial charge in [0.2, 0.25) is 10.0 Å². The lowest BCUT2D eigenvalue weighted by molar-refractivity contribution is -0.125. The number of carbonyl (C=O) groups is 2. The lowest BCUT2D eigenvalue weighted by Crippen LogP contribution is -2.48. The monoisotopic (exact) mass is 544 g/mol. The van der Waals surface area contributed by atoms with Crippen LogP contribution in [0.5, 0.6) is 5.75 Å². The van der Waals surface area contributed by atoms with E-state index >= 15 is 0 Å². The average molecular weight is 545 g/mol. The zero-order valence-electron chi connectivity index (χ0n) is 21.3. The molecule has 2 aromatic rings. The van der Waals surface area contributed by atoms with Crippen molar-refractivity contribution in [1.29, 1.82) is 0 Å². The molecule has 2 saturated heterocycles. The Morgan fingerprint density at radius 1 is 0.947 bits per heavy atom. The van der Waals surface area contributed by atoms with Crippen LogP contribution in [0.4, 0.5) is 11.4 Å². The zero-order valence-corrected chi connectivity index (χ0v) is 22.1. The smallest absolute Gasteiger partial charge is 0.267 e. The van der Waals surface area contributed by atoms with Crippen LogP contribution >= 0.6 is 0 Å². The van der Waals surface area contributed by atoms with Crippen LogP contribution in [0.15, 0.2) is 47.4 Å². The summed E-state index contributed by atoms with van der Waals surface area (Å²) in [6, 6.07) is 11.0. The number of hydrogen-bond donors (Lipinski definition) is 1. The number of hydrogen-bond acceptors (Lipinski definition) is 8. The molecule has 11 nitrogen and oxygen atoms in total. The Morgan fingerprint density at radius 3 is 2.29 bits per heavy atom. The van der Waals surface area contributed by atoms with E-state index in [1.807, 2.05) is 0 Å². The summed E-state index contributed by atoms with van der Waals surface area (Å²) in [6.45, 7) is 7.27. The number of morpholine rings is 2. The van der Waals surface area contributed by atoms with E-state index in [1.54, 1.807) is 30.0 Å². The van der Waals surface area contributed by atoms with E-state index in [0.29, 0.717) is 75.3 Å². The number of anilines is 2. The highest BCUT2D eigenvalue weighted by Gasteiger charge is 2.32. The first kappa shape index (κ1) is 26.6. The first-order chi connectivity index (χ1) is 18.3. The van der Waals surface area contributed by atoms with Crippen LogP contribution < -0.4 is 15.0 Å². The summed E-state index contributed by atoms with van der Waals surface area (Å²) in [6.07, 6.45) is -0.597. The standard InChI is InChI=1S/C26H32N4O7S/c1-19-26(32)30(9-8-28-10-14-35-15-11-28)23-18-21(4-7-24(23)37-19)27-25(31)20-2-5-22(6-3-20)38(33,34)29-12-16-36-17-13-29/h2-7,18-19H,8-17H2,1H3,(H,27,31). The molecule has 1 N–H and O–H groups in total. The highest BCUT2D eigenvalue weighted by molar-refractivity contribution is 7.89. The number of amides is 2. The van der Waals surface area contributed by atoms with Gasteiger partial charge in [0.05, 0.1) is 37.0 Å². The highest BCUT2D eigenvalue weighted by Crippen LogP contribution is 2.36.